The number of rotatable bonds is 3. The van der Waals surface area contributed by atoms with Crippen LogP contribution in [-0.2, 0) is 6.42 Å². The summed E-state index contributed by atoms with van der Waals surface area (Å²) in [4.78, 5) is 20.1. The number of carbonyl (C=O) groups excluding carboxylic acids is 1. The molecule has 0 fully saturated rings. The number of benzene rings is 2. The highest BCUT2D eigenvalue weighted by molar-refractivity contribution is 5.77. The minimum atomic E-state index is -0.607. The molecule has 6 heteroatoms. The normalized spacial score (nSPS) is 20.2. The fraction of sp³-hybridized carbons (Fsp3) is 0.263. The van der Waals surface area contributed by atoms with Crippen LogP contribution in [-0.4, -0.2) is 27.2 Å². The van der Waals surface area contributed by atoms with Crippen LogP contribution in [0.1, 0.15) is 36.0 Å². The molecule has 0 radical (unpaired) electrons. The number of aromatic nitrogens is 2. The van der Waals surface area contributed by atoms with Crippen LogP contribution in [0.15, 0.2) is 48.5 Å². The summed E-state index contributed by atoms with van der Waals surface area (Å²) in [6.07, 6.45) is -0.0510. The highest BCUT2D eigenvalue weighted by Crippen LogP contribution is 2.31. The van der Waals surface area contributed by atoms with Crippen molar-refractivity contribution < 1.29 is 9.90 Å². The second-order valence-electron chi connectivity index (χ2n) is 6.43. The SMILES string of the molecule is CC(NC(=O)N[C@H]1c2ccccc2C[C@H]1O)c1nc2ccccc2[nH]1. The molecule has 0 saturated heterocycles. The number of urea groups is 1. The summed E-state index contributed by atoms with van der Waals surface area (Å²) in [5.74, 6) is 0.698. The molecule has 0 spiro atoms. The van der Waals surface area contributed by atoms with Crippen LogP contribution in [0.5, 0.6) is 0 Å². The molecule has 128 valence electrons. The molecule has 3 aromatic rings. The van der Waals surface area contributed by atoms with E-state index in [1.807, 2.05) is 55.5 Å². The Kier molecular flexibility index (Phi) is 3.89. The van der Waals surface area contributed by atoms with Crippen molar-refractivity contribution in [2.45, 2.75) is 31.5 Å². The van der Waals surface area contributed by atoms with E-state index in [0.29, 0.717) is 12.2 Å². The van der Waals surface area contributed by atoms with Gasteiger partial charge in [-0.25, -0.2) is 9.78 Å². The van der Waals surface area contributed by atoms with Crippen molar-refractivity contribution in [1.82, 2.24) is 20.6 Å². The monoisotopic (exact) mass is 336 g/mol. The number of nitrogens with zero attached hydrogens (tertiary/aromatic N) is 1. The van der Waals surface area contributed by atoms with Crippen LogP contribution in [0.3, 0.4) is 0 Å². The van der Waals surface area contributed by atoms with Crippen molar-refractivity contribution in [1.29, 1.82) is 0 Å². The van der Waals surface area contributed by atoms with Gasteiger partial charge in [0, 0.05) is 6.42 Å². The standard InChI is InChI=1S/C19H20N4O2/c1-11(18-21-14-8-4-5-9-15(14)22-18)20-19(25)23-17-13-7-3-2-6-12(13)10-16(17)24/h2-9,11,16-17,24H,10H2,1H3,(H,21,22)(H2,20,23,25)/t11?,16-,17+/m1/s1. The number of hydrogen-bond acceptors (Lipinski definition) is 3. The van der Waals surface area contributed by atoms with Gasteiger partial charge in [0.25, 0.3) is 0 Å². The van der Waals surface area contributed by atoms with Crippen molar-refractivity contribution in [3.63, 3.8) is 0 Å². The van der Waals surface area contributed by atoms with Crippen LogP contribution in [0.4, 0.5) is 4.79 Å². The molecule has 4 rings (SSSR count). The molecule has 0 bridgehead atoms. The third kappa shape index (κ3) is 2.96. The van der Waals surface area contributed by atoms with Gasteiger partial charge in [-0.15, -0.1) is 0 Å². The average Bonchev–Trinajstić information content (AvgIpc) is 3.16. The molecule has 4 N–H and O–H groups in total. The van der Waals surface area contributed by atoms with Gasteiger partial charge in [-0.1, -0.05) is 36.4 Å². The van der Waals surface area contributed by atoms with Crippen molar-refractivity contribution in [3.8, 4) is 0 Å². The van der Waals surface area contributed by atoms with Gasteiger partial charge in [0.1, 0.15) is 5.82 Å². The Bertz CT molecular complexity index is 887. The van der Waals surface area contributed by atoms with Crippen molar-refractivity contribution in [2.24, 2.45) is 0 Å². The minimum absolute atomic E-state index is 0.277. The van der Waals surface area contributed by atoms with E-state index in [1.54, 1.807) is 0 Å². The van der Waals surface area contributed by atoms with Crippen LogP contribution in [0.25, 0.3) is 11.0 Å². The zero-order chi connectivity index (χ0) is 17.4. The summed E-state index contributed by atoms with van der Waals surface area (Å²) < 4.78 is 0. The van der Waals surface area contributed by atoms with E-state index in [1.165, 1.54) is 0 Å². The molecular formula is C19H20N4O2. The molecule has 3 atom stereocenters. The van der Waals surface area contributed by atoms with E-state index in [0.717, 1.165) is 22.2 Å². The van der Waals surface area contributed by atoms with E-state index in [9.17, 15) is 9.90 Å². The maximum absolute atomic E-state index is 12.4. The number of nitrogens with one attached hydrogen (secondary N) is 3. The molecule has 1 aliphatic rings. The number of amides is 2. The Morgan fingerprint density at radius 3 is 2.84 bits per heavy atom. The van der Waals surface area contributed by atoms with Crippen LogP contribution in [0.2, 0.25) is 0 Å². The van der Waals surface area contributed by atoms with Gasteiger partial charge in [0.05, 0.1) is 29.2 Å². The number of H-pyrrole nitrogens is 1. The number of aliphatic hydroxyl groups excluding tert-OH is 1. The largest absolute Gasteiger partial charge is 0.390 e. The smallest absolute Gasteiger partial charge is 0.315 e. The predicted molar refractivity (Wildman–Crippen MR) is 95.1 cm³/mol. The lowest BCUT2D eigenvalue weighted by Crippen LogP contribution is -2.42. The average molecular weight is 336 g/mol. The zero-order valence-corrected chi connectivity index (χ0v) is 13.9. The van der Waals surface area contributed by atoms with E-state index in [4.69, 9.17) is 0 Å². The molecule has 1 aromatic heterocycles. The maximum Gasteiger partial charge on any atom is 0.315 e. The fourth-order valence-corrected chi connectivity index (χ4v) is 3.37. The third-order valence-electron chi connectivity index (χ3n) is 4.66. The van der Waals surface area contributed by atoms with Gasteiger partial charge < -0.3 is 20.7 Å². The summed E-state index contributed by atoms with van der Waals surface area (Å²) in [6, 6.07) is 14.5. The molecule has 6 nitrogen and oxygen atoms in total. The molecule has 1 unspecified atom stereocenters. The number of fused-ring (bicyclic) bond motifs is 2. The zero-order valence-electron chi connectivity index (χ0n) is 13.9. The van der Waals surface area contributed by atoms with Gasteiger partial charge in [-0.3, -0.25) is 0 Å². The molecule has 0 aliphatic heterocycles. The molecular weight excluding hydrogens is 316 g/mol. The molecule has 25 heavy (non-hydrogen) atoms. The predicted octanol–water partition coefficient (Wildman–Crippen LogP) is 2.58. The minimum Gasteiger partial charge on any atom is -0.390 e. The van der Waals surface area contributed by atoms with E-state index in [-0.39, 0.29) is 18.1 Å². The number of aliphatic hydroxyl groups is 1. The Hall–Kier alpha value is -2.86. The first-order valence-electron chi connectivity index (χ1n) is 8.39. The second-order valence-corrected chi connectivity index (χ2v) is 6.43. The molecule has 1 heterocycles. The molecule has 0 saturated carbocycles. The highest BCUT2D eigenvalue weighted by atomic mass is 16.3. The van der Waals surface area contributed by atoms with Crippen molar-refractivity contribution in [2.75, 3.05) is 0 Å². The van der Waals surface area contributed by atoms with E-state index in [2.05, 4.69) is 20.6 Å². The summed E-state index contributed by atoms with van der Waals surface area (Å²) in [7, 11) is 0. The number of aromatic amines is 1. The Labute approximate surface area is 145 Å². The van der Waals surface area contributed by atoms with Crippen molar-refractivity contribution >= 4 is 17.1 Å². The van der Waals surface area contributed by atoms with Gasteiger partial charge >= 0.3 is 6.03 Å². The number of imidazole rings is 1. The maximum atomic E-state index is 12.4. The second kappa shape index (κ2) is 6.22. The highest BCUT2D eigenvalue weighted by Gasteiger charge is 2.32. The lowest BCUT2D eigenvalue weighted by atomic mass is 10.1. The van der Waals surface area contributed by atoms with E-state index < -0.39 is 6.10 Å². The molecule has 2 amide bonds. The summed E-state index contributed by atoms with van der Waals surface area (Å²) in [5.41, 5.74) is 3.85. The Morgan fingerprint density at radius 1 is 1.24 bits per heavy atom. The topological polar surface area (TPSA) is 90.0 Å². The Morgan fingerprint density at radius 2 is 2.00 bits per heavy atom. The summed E-state index contributed by atoms with van der Waals surface area (Å²) in [6.45, 7) is 1.87. The van der Waals surface area contributed by atoms with Gasteiger partial charge in [-0.2, -0.15) is 0 Å². The first-order valence-corrected chi connectivity index (χ1v) is 8.39. The van der Waals surface area contributed by atoms with Crippen LogP contribution in [0, 0.1) is 0 Å². The number of para-hydroxylation sites is 2. The lowest BCUT2D eigenvalue weighted by Gasteiger charge is -2.20. The van der Waals surface area contributed by atoms with E-state index >= 15 is 0 Å². The number of carbonyl (C=O) groups is 1. The van der Waals surface area contributed by atoms with Gasteiger partial charge in [0.15, 0.2) is 0 Å². The first-order chi connectivity index (χ1) is 12.1. The van der Waals surface area contributed by atoms with Crippen LogP contribution < -0.4 is 10.6 Å². The third-order valence-corrected chi connectivity index (χ3v) is 4.66. The van der Waals surface area contributed by atoms with Crippen LogP contribution >= 0.6 is 0 Å². The van der Waals surface area contributed by atoms with Crippen molar-refractivity contribution in [3.05, 3.63) is 65.5 Å². The fourth-order valence-electron chi connectivity index (χ4n) is 3.37. The summed E-state index contributed by atoms with van der Waals surface area (Å²) >= 11 is 0. The number of hydrogen-bond donors (Lipinski definition) is 4. The van der Waals surface area contributed by atoms with Gasteiger partial charge in [0.2, 0.25) is 0 Å². The molecule has 1 aliphatic carbocycles. The lowest BCUT2D eigenvalue weighted by molar-refractivity contribution is 0.142. The summed E-state index contributed by atoms with van der Waals surface area (Å²) in [5, 5.41) is 16.0. The first kappa shape index (κ1) is 15.7. The quantitative estimate of drug-likeness (QED) is 0.592. The Balaban J connectivity index is 1.45. The molecule has 2 aromatic carbocycles. The van der Waals surface area contributed by atoms with Gasteiger partial charge in [-0.05, 0) is 30.2 Å².